The van der Waals surface area contributed by atoms with Crippen molar-refractivity contribution in [1.29, 1.82) is 5.26 Å². The number of pyridine rings is 1. The zero-order valence-electron chi connectivity index (χ0n) is 17.3. The van der Waals surface area contributed by atoms with Gasteiger partial charge in [-0.1, -0.05) is 0 Å². The maximum Gasteiger partial charge on any atom is 0.290 e. The van der Waals surface area contributed by atoms with Crippen LogP contribution in [-0.2, 0) is 9.59 Å². The van der Waals surface area contributed by atoms with Gasteiger partial charge >= 0.3 is 0 Å². The zero-order chi connectivity index (χ0) is 23.0. The summed E-state index contributed by atoms with van der Waals surface area (Å²) in [7, 11) is 0. The lowest BCUT2D eigenvalue weighted by atomic mass is 10.1. The second-order valence-corrected chi connectivity index (χ2v) is 7.03. The molecule has 2 aromatic rings. The van der Waals surface area contributed by atoms with Gasteiger partial charge in [-0.15, -0.1) is 0 Å². The number of nitrogens with zero attached hydrogens (tertiary/aromatic N) is 3. The molecule has 1 aromatic carbocycles. The fraction of sp³-hybridized carbons (Fsp3) is 0.381. The van der Waals surface area contributed by atoms with Crippen molar-refractivity contribution < 1.29 is 29.0 Å². The van der Waals surface area contributed by atoms with Crippen molar-refractivity contribution in [2.45, 2.75) is 38.9 Å². The summed E-state index contributed by atoms with van der Waals surface area (Å²) in [6.07, 6.45) is 1.77. The molecule has 1 saturated heterocycles. The third kappa shape index (κ3) is 6.05. The van der Waals surface area contributed by atoms with E-state index in [1.165, 1.54) is 0 Å². The summed E-state index contributed by atoms with van der Waals surface area (Å²) >= 11 is 0. The highest BCUT2D eigenvalue weighted by Gasteiger charge is 2.28. The predicted octanol–water partition coefficient (Wildman–Crippen LogP) is 1.72. The van der Waals surface area contributed by atoms with Crippen LogP contribution in [0.5, 0.6) is 11.6 Å². The van der Waals surface area contributed by atoms with Gasteiger partial charge in [0.25, 0.3) is 12.4 Å². The molecule has 1 aliphatic heterocycles. The second-order valence-electron chi connectivity index (χ2n) is 7.03. The minimum Gasteiger partial charge on any atom is -0.490 e. The number of hydrogen-bond donors (Lipinski definition) is 2. The first-order chi connectivity index (χ1) is 14.8. The standard InChI is InChI=1S/C20H22N4O4.CH2O2/c1-12(2)27-17-10-15-13(9-16(17)19(22)26)4-7-23-20(15)28-14-5-8-24(11-14)18(25)3-6-21;2-1-3/h4,7,9-10,12,14H,3,5,8,11H2,1-2H3,(H2,22,26);1H,(H,2,3)/t14-;/m0./s1. The van der Waals surface area contributed by atoms with Crippen LogP contribution in [0.25, 0.3) is 10.8 Å². The van der Waals surface area contributed by atoms with Crippen molar-refractivity contribution >= 4 is 29.1 Å². The van der Waals surface area contributed by atoms with Crippen LogP contribution in [0, 0.1) is 11.3 Å². The van der Waals surface area contributed by atoms with Crippen molar-refractivity contribution in [2.24, 2.45) is 5.73 Å². The van der Waals surface area contributed by atoms with E-state index in [1.54, 1.807) is 29.3 Å². The number of primary amides is 1. The SMILES string of the molecule is CC(C)Oc1cc2c(O[C@H]3CCN(C(=O)CC#N)C3)nccc2cc1C(N)=O.O=CO. The predicted molar refractivity (Wildman–Crippen MR) is 111 cm³/mol. The van der Waals surface area contributed by atoms with Gasteiger partial charge in [-0.3, -0.25) is 14.4 Å². The molecule has 0 aliphatic carbocycles. The molecule has 1 atom stereocenters. The van der Waals surface area contributed by atoms with Gasteiger partial charge in [-0.05, 0) is 37.4 Å². The Hall–Kier alpha value is -3.87. The van der Waals surface area contributed by atoms with E-state index < -0.39 is 5.91 Å². The fourth-order valence-corrected chi connectivity index (χ4v) is 3.20. The first kappa shape index (κ1) is 23.4. The first-order valence-electron chi connectivity index (χ1n) is 9.59. The molecule has 31 heavy (non-hydrogen) atoms. The van der Waals surface area contributed by atoms with Gasteiger partial charge in [0.05, 0.1) is 24.3 Å². The van der Waals surface area contributed by atoms with Gasteiger partial charge in [0.15, 0.2) is 0 Å². The average molecular weight is 428 g/mol. The Labute approximate surface area is 179 Å². The monoisotopic (exact) mass is 428 g/mol. The molecular formula is C21H24N4O6. The Kier molecular flexibility index (Phi) is 8.14. The Morgan fingerprint density at radius 1 is 1.45 bits per heavy atom. The van der Waals surface area contributed by atoms with Crippen LogP contribution in [0.4, 0.5) is 0 Å². The molecular weight excluding hydrogens is 404 g/mol. The number of carboxylic acid groups (broad SMARTS) is 1. The third-order valence-corrected chi connectivity index (χ3v) is 4.46. The zero-order valence-corrected chi connectivity index (χ0v) is 17.3. The average Bonchev–Trinajstić information content (AvgIpc) is 3.17. The minimum atomic E-state index is -0.570. The van der Waals surface area contributed by atoms with Crippen molar-refractivity contribution in [2.75, 3.05) is 13.1 Å². The number of nitrogens with two attached hydrogens (primary N) is 1. The van der Waals surface area contributed by atoms with E-state index in [4.69, 9.17) is 30.4 Å². The molecule has 10 nitrogen and oxygen atoms in total. The van der Waals surface area contributed by atoms with E-state index in [1.807, 2.05) is 19.9 Å². The lowest BCUT2D eigenvalue weighted by Crippen LogP contribution is -2.30. The Balaban J connectivity index is 0.00000107. The van der Waals surface area contributed by atoms with Gasteiger partial charge < -0.3 is 25.2 Å². The molecule has 0 spiro atoms. The molecule has 0 unspecified atom stereocenters. The van der Waals surface area contributed by atoms with Crippen molar-refractivity contribution in [3.8, 4) is 17.7 Å². The number of carbonyl (C=O) groups excluding carboxylic acids is 2. The molecule has 2 amide bonds. The molecule has 3 rings (SSSR count). The topological polar surface area (TPSA) is 156 Å². The molecule has 0 bridgehead atoms. The van der Waals surface area contributed by atoms with Crippen molar-refractivity contribution in [3.63, 3.8) is 0 Å². The Morgan fingerprint density at radius 2 is 2.16 bits per heavy atom. The summed E-state index contributed by atoms with van der Waals surface area (Å²) in [5.74, 6) is 0.0178. The normalized spacial score (nSPS) is 15.0. The number of hydrogen-bond acceptors (Lipinski definition) is 7. The number of aromatic nitrogens is 1. The summed E-state index contributed by atoms with van der Waals surface area (Å²) in [4.78, 5) is 38.0. The second kappa shape index (κ2) is 10.8. The molecule has 3 N–H and O–H groups in total. The highest BCUT2D eigenvalue weighted by Crippen LogP contribution is 2.32. The quantitative estimate of drug-likeness (QED) is 0.659. The Bertz CT molecular complexity index is 1000. The van der Waals surface area contributed by atoms with E-state index >= 15 is 0 Å². The van der Waals surface area contributed by atoms with Gasteiger partial charge in [0, 0.05) is 24.5 Å². The first-order valence-corrected chi connectivity index (χ1v) is 9.59. The van der Waals surface area contributed by atoms with Crippen molar-refractivity contribution in [1.82, 2.24) is 9.88 Å². The van der Waals surface area contributed by atoms with Crippen LogP contribution < -0.4 is 15.2 Å². The number of benzene rings is 1. The van der Waals surface area contributed by atoms with Crippen LogP contribution in [0.3, 0.4) is 0 Å². The number of rotatable bonds is 6. The number of fused-ring (bicyclic) bond motifs is 1. The van der Waals surface area contributed by atoms with E-state index in [2.05, 4.69) is 4.98 Å². The molecule has 0 radical (unpaired) electrons. The molecule has 2 heterocycles. The van der Waals surface area contributed by atoms with Crippen LogP contribution in [0.15, 0.2) is 24.4 Å². The highest BCUT2D eigenvalue weighted by molar-refractivity contribution is 6.01. The summed E-state index contributed by atoms with van der Waals surface area (Å²) in [6.45, 7) is 4.43. The van der Waals surface area contributed by atoms with Gasteiger partial charge in [0.2, 0.25) is 11.8 Å². The maximum atomic E-state index is 11.9. The van der Waals surface area contributed by atoms with Gasteiger partial charge in [-0.25, -0.2) is 4.98 Å². The molecule has 1 fully saturated rings. The molecule has 10 heteroatoms. The van der Waals surface area contributed by atoms with E-state index in [0.717, 1.165) is 5.39 Å². The number of nitriles is 1. The van der Waals surface area contributed by atoms with Crippen LogP contribution in [0.1, 0.15) is 37.0 Å². The summed E-state index contributed by atoms with van der Waals surface area (Å²) in [5, 5.41) is 17.0. The number of amides is 2. The van der Waals surface area contributed by atoms with Crippen LogP contribution in [0.2, 0.25) is 0 Å². The Morgan fingerprint density at radius 3 is 2.77 bits per heavy atom. The molecule has 1 aromatic heterocycles. The van der Waals surface area contributed by atoms with Crippen LogP contribution in [-0.4, -0.2) is 58.6 Å². The van der Waals surface area contributed by atoms with Crippen LogP contribution >= 0.6 is 0 Å². The lowest BCUT2D eigenvalue weighted by molar-refractivity contribution is -0.129. The number of carbonyl (C=O) groups is 3. The lowest BCUT2D eigenvalue weighted by Gasteiger charge is -2.18. The summed E-state index contributed by atoms with van der Waals surface area (Å²) in [6, 6.07) is 7.02. The van der Waals surface area contributed by atoms with E-state index in [9.17, 15) is 9.59 Å². The molecule has 0 saturated carbocycles. The minimum absolute atomic E-state index is 0.133. The molecule has 1 aliphatic rings. The van der Waals surface area contributed by atoms with E-state index in [-0.39, 0.29) is 31.0 Å². The smallest absolute Gasteiger partial charge is 0.290 e. The van der Waals surface area contributed by atoms with Gasteiger partial charge in [0.1, 0.15) is 18.3 Å². The third-order valence-electron chi connectivity index (χ3n) is 4.46. The van der Waals surface area contributed by atoms with E-state index in [0.29, 0.717) is 42.1 Å². The summed E-state index contributed by atoms with van der Waals surface area (Å²) in [5.41, 5.74) is 5.79. The largest absolute Gasteiger partial charge is 0.490 e. The number of ether oxygens (including phenoxy) is 2. The number of likely N-dealkylation sites (tertiary alicyclic amines) is 1. The van der Waals surface area contributed by atoms with Gasteiger partial charge in [-0.2, -0.15) is 5.26 Å². The fourth-order valence-electron chi connectivity index (χ4n) is 3.20. The maximum absolute atomic E-state index is 11.9. The molecule has 164 valence electrons. The van der Waals surface area contributed by atoms with Crippen molar-refractivity contribution in [3.05, 3.63) is 30.0 Å². The summed E-state index contributed by atoms with van der Waals surface area (Å²) < 4.78 is 11.8. The highest BCUT2D eigenvalue weighted by atomic mass is 16.5.